The third kappa shape index (κ3) is 3.54. The lowest BCUT2D eigenvalue weighted by Gasteiger charge is -2.10. The molecule has 0 saturated carbocycles. The van der Waals surface area contributed by atoms with E-state index in [1.807, 2.05) is 48.7 Å². The number of amides is 1. The Morgan fingerprint density at radius 2 is 1.78 bits per heavy atom. The summed E-state index contributed by atoms with van der Waals surface area (Å²) in [5, 5.41) is 1.18. The summed E-state index contributed by atoms with van der Waals surface area (Å²) in [7, 11) is 3.53. The highest BCUT2D eigenvalue weighted by atomic mass is 32.2. The standard InChI is InChI=1S/C19H18N2OS/c1-21(2)19(22)15-9-7-14(8-10-15)13-23-18-11-12-20-17-6-4-3-5-16(17)18/h3-12H,13H2,1-2H3. The molecule has 3 rings (SSSR count). The molecule has 0 spiro atoms. The summed E-state index contributed by atoms with van der Waals surface area (Å²) in [6.07, 6.45) is 1.85. The first-order valence-corrected chi connectivity index (χ1v) is 8.41. The van der Waals surface area contributed by atoms with Gasteiger partial charge in [-0.3, -0.25) is 9.78 Å². The maximum Gasteiger partial charge on any atom is 0.253 e. The van der Waals surface area contributed by atoms with Crippen LogP contribution in [0.25, 0.3) is 10.9 Å². The van der Waals surface area contributed by atoms with Gasteiger partial charge in [0, 0.05) is 41.9 Å². The molecule has 0 aliphatic carbocycles. The second-order valence-electron chi connectivity index (χ2n) is 5.51. The molecule has 0 N–H and O–H groups in total. The van der Waals surface area contributed by atoms with Gasteiger partial charge in [0.15, 0.2) is 0 Å². The smallest absolute Gasteiger partial charge is 0.253 e. The lowest BCUT2D eigenvalue weighted by molar-refractivity contribution is 0.0827. The highest BCUT2D eigenvalue weighted by Crippen LogP contribution is 2.29. The van der Waals surface area contributed by atoms with Crippen LogP contribution in [0.3, 0.4) is 0 Å². The first kappa shape index (κ1) is 15.6. The number of aromatic nitrogens is 1. The fraction of sp³-hybridized carbons (Fsp3) is 0.158. The zero-order valence-corrected chi connectivity index (χ0v) is 14.0. The third-order valence-electron chi connectivity index (χ3n) is 3.61. The van der Waals surface area contributed by atoms with Crippen molar-refractivity contribution in [3.63, 3.8) is 0 Å². The Morgan fingerprint density at radius 3 is 2.52 bits per heavy atom. The lowest BCUT2D eigenvalue weighted by atomic mass is 10.1. The number of thioether (sulfide) groups is 1. The summed E-state index contributed by atoms with van der Waals surface area (Å²) >= 11 is 1.79. The number of hydrogen-bond acceptors (Lipinski definition) is 3. The molecule has 3 nitrogen and oxygen atoms in total. The summed E-state index contributed by atoms with van der Waals surface area (Å²) in [4.78, 5) is 19.1. The topological polar surface area (TPSA) is 33.2 Å². The van der Waals surface area contributed by atoms with Crippen molar-refractivity contribution < 1.29 is 4.79 Å². The van der Waals surface area contributed by atoms with E-state index >= 15 is 0 Å². The van der Waals surface area contributed by atoms with Gasteiger partial charge in [-0.25, -0.2) is 0 Å². The van der Waals surface area contributed by atoms with Crippen LogP contribution in [0.2, 0.25) is 0 Å². The number of hydrogen-bond donors (Lipinski definition) is 0. The number of para-hydroxylation sites is 1. The van der Waals surface area contributed by atoms with E-state index < -0.39 is 0 Å². The Kier molecular flexibility index (Phi) is 4.63. The molecule has 1 amide bonds. The minimum absolute atomic E-state index is 0.0318. The van der Waals surface area contributed by atoms with Crippen molar-refractivity contribution in [3.05, 3.63) is 71.9 Å². The van der Waals surface area contributed by atoms with Gasteiger partial charge in [0.1, 0.15) is 0 Å². The SMILES string of the molecule is CN(C)C(=O)c1ccc(CSc2ccnc3ccccc23)cc1. The van der Waals surface area contributed by atoms with Crippen molar-refractivity contribution in [1.82, 2.24) is 9.88 Å². The number of fused-ring (bicyclic) bond motifs is 1. The molecule has 0 radical (unpaired) electrons. The van der Waals surface area contributed by atoms with E-state index in [2.05, 4.69) is 17.1 Å². The van der Waals surface area contributed by atoms with Gasteiger partial charge in [0.2, 0.25) is 0 Å². The van der Waals surface area contributed by atoms with Crippen molar-refractivity contribution in [2.75, 3.05) is 14.1 Å². The average molecular weight is 322 g/mol. The van der Waals surface area contributed by atoms with E-state index in [0.29, 0.717) is 0 Å². The molecule has 0 aliphatic rings. The molecule has 0 aliphatic heterocycles. The Labute approximate surface area is 140 Å². The van der Waals surface area contributed by atoms with Crippen LogP contribution in [0.15, 0.2) is 65.7 Å². The second kappa shape index (κ2) is 6.84. The minimum Gasteiger partial charge on any atom is -0.345 e. The summed E-state index contributed by atoms with van der Waals surface area (Å²) in [5.41, 5.74) is 2.94. The van der Waals surface area contributed by atoms with Crippen LogP contribution in [0, 0.1) is 0 Å². The Hall–Kier alpha value is -2.33. The van der Waals surface area contributed by atoms with Crippen molar-refractivity contribution in [2.24, 2.45) is 0 Å². The fourth-order valence-electron chi connectivity index (χ4n) is 2.36. The van der Waals surface area contributed by atoms with Gasteiger partial charge in [-0.15, -0.1) is 11.8 Å². The quantitative estimate of drug-likeness (QED) is 0.674. The van der Waals surface area contributed by atoms with Gasteiger partial charge in [-0.1, -0.05) is 30.3 Å². The molecule has 2 aromatic carbocycles. The van der Waals surface area contributed by atoms with Crippen LogP contribution < -0.4 is 0 Å². The van der Waals surface area contributed by atoms with Crippen LogP contribution in [-0.4, -0.2) is 29.9 Å². The lowest BCUT2D eigenvalue weighted by Crippen LogP contribution is -2.21. The summed E-state index contributed by atoms with van der Waals surface area (Å²) < 4.78 is 0. The Bertz CT molecular complexity index is 823. The number of rotatable bonds is 4. The molecular formula is C19H18N2OS. The predicted octanol–water partition coefficient (Wildman–Crippen LogP) is 4.23. The van der Waals surface area contributed by atoms with E-state index in [-0.39, 0.29) is 5.91 Å². The third-order valence-corrected chi connectivity index (χ3v) is 4.76. The van der Waals surface area contributed by atoms with E-state index in [0.717, 1.165) is 16.8 Å². The maximum absolute atomic E-state index is 11.9. The van der Waals surface area contributed by atoms with Gasteiger partial charge in [-0.05, 0) is 29.8 Å². The molecule has 1 heterocycles. The largest absolute Gasteiger partial charge is 0.345 e. The molecule has 0 atom stereocenters. The highest BCUT2D eigenvalue weighted by molar-refractivity contribution is 7.98. The molecule has 1 aromatic heterocycles. The highest BCUT2D eigenvalue weighted by Gasteiger charge is 2.07. The first-order valence-electron chi connectivity index (χ1n) is 7.42. The molecular weight excluding hydrogens is 304 g/mol. The molecule has 116 valence electrons. The molecule has 3 aromatic rings. The molecule has 0 fully saturated rings. The van der Waals surface area contributed by atoms with E-state index in [9.17, 15) is 4.79 Å². The minimum atomic E-state index is 0.0318. The second-order valence-corrected chi connectivity index (χ2v) is 6.53. The molecule has 0 unspecified atom stereocenters. The van der Waals surface area contributed by atoms with Gasteiger partial charge in [0.05, 0.1) is 5.52 Å². The van der Waals surface area contributed by atoms with Crippen molar-refractivity contribution >= 4 is 28.6 Å². The van der Waals surface area contributed by atoms with Gasteiger partial charge < -0.3 is 4.90 Å². The van der Waals surface area contributed by atoms with Gasteiger partial charge >= 0.3 is 0 Å². The normalized spacial score (nSPS) is 10.7. The number of pyridine rings is 1. The van der Waals surface area contributed by atoms with Crippen molar-refractivity contribution in [3.8, 4) is 0 Å². The van der Waals surface area contributed by atoms with E-state index in [1.54, 1.807) is 30.8 Å². The Balaban J connectivity index is 1.74. The predicted molar refractivity (Wildman–Crippen MR) is 95.8 cm³/mol. The number of nitrogens with zero attached hydrogens (tertiary/aromatic N) is 2. The summed E-state index contributed by atoms with van der Waals surface area (Å²) in [6, 6.07) is 18.0. The van der Waals surface area contributed by atoms with Crippen LogP contribution in [0.5, 0.6) is 0 Å². The molecule has 0 saturated heterocycles. The number of benzene rings is 2. The van der Waals surface area contributed by atoms with Crippen LogP contribution in [0.1, 0.15) is 15.9 Å². The zero-order valence-electron chi connectivity index (χ0n) is 13.2. The van der Waals surface area contributed by atoms with E-state index in [1.165, 1.54) is 15.8 Å². The van der Waals surface area contributed by atoms with Gasteiger partial charge in [-0.2, -0.15) is 0 Å². The van der Waals surface area contributed by atoms with Crippen molar-refractivity contribution in [2.45, 2.75) is 10.6 Å². The van der Waals surface area contributed by atoms with Gasteiger partial charge in [0.25, 0.3) is 5.91 Å². The Morgan fingerprint density at radius 1 is 1.04 bits per heavy atom. The van der Waals surface area contributed by atoms with E-state index in [4.69, 9.17) is 0 Å². The molecule has 0 bridgehead atoms. The van der Waals surface area contributed by atoms with Crippen molar-refractivity contribution in [1.29, 1.82) is 0 Å². The summed E-state index contributed by atoms with van der Waals surface area (Å²) in [6.45, 7) is 0. The van der Waals surface area contributed by atoms with Crippen LogP contribution in [0.4, 0.5) is 0 Å². The zero-order chi connectivity index (χ0) is 16.2. The van der Waals surface area contributed by atoms with Crippen LogP contribution >= 0.6 is 11.8 Å². The summed E-state index contributed by atoms with van der Waals surface area (Å²) in [5.74, 6) is 0.897. The fourth-order valence-corrected chi connectivity index (χ4v) is 3.36. The van der Waals surface area contributed by atoms with Crippen LogP contribution in [-0.2, 0) is 5.75 Å². The maximum atomic E-state index is 11.9. The molecule has 4 heteroatoms. The average Bonchev–Trinajstić information content (AvgIpc) is 2.59. The number of carbonyl (C=O) groups excluding carboxylic acids is 1. The first-order chi connectivity index (χ1) is 11.1. The monoisotopic (exact) mass is 322 g/mol. The number of carbonyl (C=O) groups is 1. The molecule has 23 heavy (non-hydrogen) atoms.